The van der Waals surface area contributed by atoms with Crippen molar-refractivity contribution in [2.45, 2.75) is 26.3 Å². The third kappa shape index (κ3) is 3.16. The number of aromatic nitrogens is 2. The Morgan fingerprint density at radius 2 is 1.92 bits per heavy atom. The largest absolute Gasteiger partial charge is 0.351 e. The first-order chi connectivity index (χ1) is 11.9. The summed E-state index contributed by atoms with van der Waals surface area (Å²) in [6.45, 7) is 5.92. The van der Waals surface area contributed by atoms with E-state index in [1.54, 1.807) is 0 Å². The molecule has 25 heavy (non-hydrogen) atoms. The Bertz CT molecular complexity index is 901. The summed E-state index contributed by atoms with van der Waals surface area (Å²) in [7, 11) is 6.15. The number of carbonyl (C=O) groups is 1. The zero-order chi connectivity index (χ0) is 18.1. The molecule has 3 rings (SSSR count). The van der Waals surface area contributed by atoms with E-state index in [0.717, 1.165) is 29.7 Å². The molecule has 0 unspecified atom stereocenters. The van der Waals surface area contributed by atoms with E-state index >= 15 is 0 Å². The zero-order valence-corrected chi connectivity index (χ0v) is 15.8. The van der Waals surface area contributed by atoms with Crippen molar-refractivity contribution in [1.82, 2.24) is 19.4 Å². The quantitative estimate of drug-likeness (QED) is 0.699. The average Bonchev–Trinajstić information content (AvgIpc) is 3.09. The highest BCUT2D eigenvalue weighted by atomic mass is 16.1. The third-order valence-electron chi connectivity index (χ3n) is 4.72. The minimum Gasteiger partial charge on any atom is -0.351 e. The van der Waals surface area contributed by atoms with E-state index in [0.29, 0.717) is 6.54 Å². The summed E-state index contributed by atoms with van der Waals surface area (Å²) in [6, 6.07) is 10.6. The summed E-state index contributed by atoms with van der Waals surface area (Å²) in [6.07, 6.45) is 0.948. The topological polar surface area (TPSA) is 42.2 Å². The standard InChI is InChI=1S/C20H28N4O/c1-14(2)24-18(20(25)21-11-8-12-22(3)4)13-17-19(24)15-9-6-7-10-16(15)23(17)5/h6-7,9-10,13-14H,8,11-12H2,1-5H3,(H,21,25). The van der Waals surface area contributed by atoms with E-state index in [2.05, 4.69) is 64.5 Å². The minimum absolute atomic E-state index is 0.00716. The highest BCUT2D eigenvalue weighted by molar-refractivity contribution is 6.10. The van der Waals surface area contributed by atoms with E-state index in [-0.39, 0.29) is 11.9 Å². The maximum Gasteiger partial charge on any atom is 0.268 e. The predicted molar refractivity (Wildman–Crippen MR) is 104 cm³/mol. The van der Waals surface area contributed by atoms with Gasteiger partial charge in [0.1, 0.15) is 5.69 Å². The van der Waals surface area contributed by atoms with Crippen molar-refractivity contribution >= 4 is 27.8 Å². The first-order valence-electron chi connectivity index (χ1n) is 8.93. The Morgan fingerprint density at radius 3 is 2.60 bits per heavy atom. The van der Waals surface area contributed by atoms with Gasteiger partial charge in [-0.05, 0) is 53.0 Å². The lowest BCUT2D eigenvalue weighted by Gasteiger charge is -2.15. The van der Waals surface area contributed by atoms with Crippen LogP contribution in [0.3, 0.4) is 0 Å². The van der Waals surface area contributed by atoms with Crippen LogP contribution in [-0.4, -0.2) is 47.1 Å². The maximum atomic E-state index is 12.8. The van der Waals surface area contributed by atoms with Crippen molar-refractivity contribution in [2.75, 3.05) is 27.2 Å². The molecule has 0 fully saturated rings. The molecule has 134 valence electrons. The molecule has 1 aromatic carbocycles. The van der Waals surface area contributed by atoms with Gasteiger partial charge in [0.05, 0.1) is 16.6 Å². The molecule has 1 N–H and O–H groups in total. The van der Waals surface area contributed by atoms with E-state index in [1.165, 1.54) is 10.9 Å². The molecule has 0 aliphatic rings. The van der Waals surface area contributed by atoms with Gasteiger partial charge in [-0.3, -0.25) is 4.79 Å². The van der Waals surface area contributed by atoms with E-state index in [1.807, 2.05) is 20.2 Å². The van der Waals surface area contributed by atoms with Gasteiger partial charge in [0.15, 0.2) is 0 Å². The summed E-state index contributed by atoms with van der Waals surface area (Å²) in [5.74, 6) is 0.00716. The fourth-order valence-corrected chi connectivity index (χ4v) is 3.53. The molecule has 0 radical (unpaired) electrons. The average molecular weight is 340 g/mol. The summed E-state index contributed by atoms with van der Waals surface area (Å²) in [5, 5.41) is 4.27. The van der Waals surface area contributed by atoms with E-state index in [4.69, 9.17) is 0 Å². The molecule has 0 spiro atoms. The number of carbonyl (C=O) groups excluding carboxylic acids is 1. The number of para-hydroxylation sites is 1. The molecule has 0 aliphatic carbocycles. The molecule has 5 heteroatoms. The molecule has 0 saturated carbocycles. The number of nitrogens with one attached hydrogen (secondary N) is 1. The van der Waals surface area contributed by atoms with Crippen LogP contribution in [0.2, 0.25) is 0 Å². The van der Waals surface area contributed by atoms with Crippen molar-refractivity contribution in [3.8, 4) is 0 Å². The molecule has 0 atom stereocenters. The van der Waals surface area contributed by atoms with Crippen LogP contribution in [0.5, 0.6) is 0 Å². The maximum absolute atomic E-state index is 12.8. The molecular weight excluding hydrogens is 312 g/mol. The number of hydrogen-bond acceptors (Lipinski definition) is 2. The summed E-state index contributed by atoms with van der Waals surface area (Å²) < 4.78 is 4.34. The van der Waals surface area contributed by atoms with Gasteiger partial charge in [0, 0.05) is 25.0 Å². The fraction of sp³-hybridized carbons (Fsp3) is 0.450. The van der Waals surface area contributed by atoms with Crippen molar-refractivity contribution in [1.29, 1.82) is 0 Å². The van der Waals surface area contributed by atoms with Crippen LogP contribution in [0.4, 0.5) is 0 Å². The molecule has 0 saturated heterocycles. The number of nitrogens with zero attached hydrogens (tertiary/aromatic N) is 3. The number of amides is 1. The lowest BCUT2D eigenvalue weighted by molar-refractivity contribution is 0.0942. The molecule has 2 heterocycles. The van der Waals surface area contributed by atoms with Crippen molar-refractivity contribution < 1.29 is 4.79 Å². The summed E-state index contributed by atoms with van der Waals surface area (Å²) >= 11 is 0. The second-order valence-electron chi connectivity index (χ2n) is 7.22. The van der Waals surface area contributed by atoms with Crippen molar-refractivity contribution in [2.24, 2.45) is 7.05 Å². The summed E-state index contributed by atoms with van der Waals surface area (Å²) in [4.78, 5) is 14.9. The minimum atomic E-state index is 0.00716. The van der Waals surface area contributed by atoms with Crippen LogP contribution < -0.4 is 5.32 Å². The van der Waals surface area contributed by atoms with Crippen LogP contribution in [-0.2, 0) is 7.05 Å². The Hall–Kier alpha value is -2.27. The van der Waals surface area contributed by atoms with Crippen LogP contribution in [0, 0.1) is 0 Å². The normalized spacial score (nSPS) is 12.0. The highest BCUT2D eigenvalue weighted by Gasteiger charge is 2.21. The van der Waals surface area contributed by atoms with Crippen molar-refractivity contribution in [3.63, 3.8) is 0 Å². The van der Waals surface area contributed by atoms with Gasteiger partial charge < -0.3 is 19.4 Å². The van der Waals surface area contributed by atoms with Gasteiger partial charge in [0.25, 0.3) is 5.91 Å². The highest BCUT2D eigenvalue weighted by Crippen LogP contribution is 2.33. The van der Waals surface area contributed by atoms with Gasteiger partial charge in [-0.15, -0.1) is 0 Å². The van der Waals surface area contributed by atoms with Crippen LogP contribution in [0.1, 0.15) is 36.8 Å². The van der Waals surface area contributed by atoms with Crippen LogP contribution in [0.25, 0.3) is 21.9 Å². The van der Waals surface area contributed by atoms with Gasteiger partial charge in [-0.2, -0.15) is 0 Å². The second kappa shape index (κ2) is 6.92. The number of fused-ring (bicyclic) bond motifs is 3. The number of hydrogen-bond donors (Lipinski definition) is 1. The zero-order valence-electron chi connectivity index (χ0n) is 15.8. The fourth-order valence-electron chi connectivity index (χ4n) is 3.53. The Balaban J connectivity index is 2.00. The molecule has 3 aromatic rings. The number of aryl methyl sites for hydroxylation is 1. The van der Waals surface area contributed by atoms with Crippen molar-refractivity contribution in [3.05, 3.63) is 36.0 Å². The predicted octanol–water partition coefficient (Wildman–Crippen LogP) is 3.40. The van der Waals surface area contributed by atoms with E-state index < -0.39 is 0 Å². The number of rotatable bonds is 6. The summed E-state index contributed by atoms with van der Waals surface area (Å²) in [5.41, 5.74) is 4.19. The molecular formula is C20H28N4O. The SMILES string of the molecule is CC(C)n1c(C(=O)NCCCN(C)C)cc2c1c1ccccc1n2C. The van der Waals surface area contributed by atoms with Gasteiger partial charge in [-0.1, -0.05) is 18.2 Å². The Kier molecular flexibility index (Phi) is 4.86. The van der Waals surface area contributed by atoms with Crippen LogP contribution >= 0.6 is 0 Å². The first-order valence-corrected chi connectivity index (χ1v) is 8.93. The monoisotopic (exact) mass is 340 g/mol. The molecule has 1 amide bonds. The Morgan fingerprint density at radius 1 is 1.20 bits per heavy atom. The molecule has 2 aromatic heterocycles. The van der Waals surface area contributed by atoms with E-state index in [9.17, 15) is 4.79 Å². The molecule has 0 bridgehead atoms. The lowest BCUT2D eigenvalue weighted by atomic mass is 10.2. The molecule has 5 nitrogen and oxygen atoms in total. The van der Waals surface area contributed by atoms with Crippen LogP contribution in [0.15, 0.2) is 30.3 Å². The molecule has 0 aliphatic heterocycles. The van der Waals surface area contributed by atoms with Gasteiger partial charge in [-0.25, -0.2) is 0 Å². The first kappa shape index (κ1) is 17.5. The van der Waals surface area contributed by atoms with Gasteiger partial charge >= 0.3 is 0 Å². The Labute approximate surface area is 149 Å². The lowest BCUT2D eigenvalue weighted by Crippen LogP contribution is -2.29. The second-order valence-corrected chi connectivity index (χ2v) is 7.22. The third-order valence-corrected chi connectivity index (χ3v) is 4.72. The smallest absolute Gasteiger partial charge is 0.268 e. The van der Waals surface area contributed by atoms with Gasteiger partial charge in [0.2, 0.25) is 0 Å². The number of benzene rings is 1.